The van der Waals surface area contributed by atoms with Crippen molar-refractivity contribution in [3.63, 3.8) is 0 Å². The molecule has 8 heteroatoms. The smallest absolute Gasteiger partial charge is 0.408 e. The second-order valence-corrected chi connectivity index (χ2v) is 9.00. The van der Waals surface area contributed by atoms with E-state index in [0.29, 0.717) is 17.9 Å². The SMILES string of the molecule is COC(=O)C(CC(C)C)NC(=O)C(CSCc1ccccc1)NC(=O)OCc1ccccc1. The molecule has 2 N–H and O–H groups in total. The van der Waals surface area contributed by atoms with E-state index in [4.69, 9.17) is 9.47 Å². The molecule has 7 nitrogen and oxygen atoms in total. The number of carbonyl (C=O) groups is 3. The minimum atomic E-state index is -0.874. The fourth-order valence-corrected chi connectivity index (χ4v) is 4.08. The van der Waals surface area contributed by atoms with Crippen molar-refractivity contribution >= 4 is 29.7 Å². The Labute approximate surface area is 199 Å². The highest BCUT2D eigenvalue weighted by Crippen LogP contribution is 2.14. The van der Waals surface area contributed by atoms with Gasteiger partial charge in [0.1, 0.15) is 18.7 Å². The molecule has 2 unspecified atom stereocenters. The molecule has 0 aliphatic heterocycles. The van der Waals surface area contributed by atoms with Crippen molar-refractivity contribution in [2.75, 3.05) is 12.9 Å². The summed E-state index contributed by atoms with van der Waals surface area (Å²) in [5, 5.41) is 5.37. The van der Waals surface area contributed by atoms with Crippen molar-refractivity contribution in [2.45, 2.75) is 44.7 Å². The zero-order chi connectivity index (χ0) is 24.1. The van der Waals surface area contributed by atoms with Gasteiger partial charge in [-0.1, -0.05) is 74.5 Å². The number of amides is 2. The molecule has 0 spiro atoms. The van der Waals surface area contributed by atoms with Gasteiger partial charge >= 0.3 is 12.1 Å². The van der Waals surface area contributed by atoms with Gasteiger partial charge in [0.2, 0.25) is 5.91 Å². The number of ether oxygens (including phenoxy) is 2. The third kappa shape index (κ3) is 9.99. The van der Waals surface area contributed by atoms with Crippen molar-refractivity contribution < 1.29 is 23.9 Å². The second kappa shape index (κ2) is 14.2. The third-order valence-electron chi connectivity index (χ3n) is 4.73. The van der Waals surface area contributed by atoms with Gasteiger partial charge in [-0.05, 0) is 23.5 Å². The van der Waals surface area contributed by atoms with E-state index in [2.05, 4.69) is 10.6 Å². The summed E-state index contributed by atoms with van der Waals surface area (Å²) < 4.78 is 10.1. The van der Waals surface area contributed by atoms with E-state index in [0.717, 1.165) is 11.1 Å². The van der Waals surface area contributed by atoms with E-state index in [1.54, 1.807) is 0 Å². The Hall–Kier alpha value is -3.00. The lowest BCUT2D eigenvalue weighted by Crippen LogP contribution is -2.53. The lowest BCUT2D eigenvalue weighted by Gasteiger charge is -2.23. The first kappa shape index (κ1) is 26.3. The first-order valence-corrected chi connectivity index (χ1v) is 12.0. The molecule has 0 saturated carbocycles. The summed E-state index contributed by atoms with van der Waals surface area (Å²) in [7, 11) is 1.29. The molecule has 0 aliphatic rings. The summed E-state index contributed by atoms with van der Waals surface area (Å²) >= 11 is 1.51. The molecule has 2 aromatic carbocycles. The van der Waals surface area contributed by atoms with Crippen LogP contribution < -0.4 is 10.6 Å². The van der Waals surface area contributed by atoms with Crippen LogP contribution in [0.1, 0.15) is 31.4 Å². The topological polar surface area (TPSA) is 93.7 Å². The Balaban J connectivity index is 2.01. The Morgan fingerprint density at radius 2 is 1.48 bits per heavy atom. The van der Waals surface area contributed by atoms with Crippen LogP contribution >= 0.6 is 11.8 Å². The Bertz CT molecular complexity index is 877. The monoisotopic (exact) mass is 472 g/mol. The third-order valence-corrected chi connectivity index (χ3v) is 5.83. The molecule has 2 rings (SSSR count). The van der Waals surface area contributed by atoms with Gasteiger partial charge in [-0.2, -0.15) is 11.8 Å². The quantitative estimate of drug-likeness (QED) is 0.455. The lowest BCUT2D eigenvalue weighted by molar-refractivity contribution is -0.145. The van der Waals surface area contributed by atoms with E-state index < -0.39 is 30.1 Å². The molecular formula is C25H32N2O5S. The predicted molar refractivity (Wildman–Crippen MR) is 130 cm³/mol. The van der Waals surface area contributed by atoms with Gasteiger partial charge in [-0.25, -0.2) is 9.59 Å². The fraction of sp³-hybridized carbons (Fsp3) is 0.400. The molecule has 2 amide bonds. The maximum Gasteiger partial charge on any atom is 0.408 e. The molecule has 0 aliphatic carbocycles. The Kier molecular flexibility index (Phi) is 11.3. The van der Waals surface area contributed by atoms with E-state index >= 15 is 0 Å². The summed E-state index contributed by atoms with van der Waals surface area (Å²) in [4.78, 5) is 37.5. The average molecular weight is 473 g/mol. The van der Waals surface area contributed by atoms with E-state index in [1.165, 1.54) is 18.9 Å². The zero-order valence-electron chi connectivity index (χ0n) is 19.3. The molecule has 178 valence electrons. The van der Waals surface area contributed by atoms with Crippen LogP contribution in [0.15, 0.2) is 60.7 Å². The molecule has 2 aromatic rings. The van der Waals surface area contributed by atoms with Gasteiger partial charge in [-0.3, -0.25) is 4.79 Å². The van der Waals surface area contributed by atoms with E-state index in [1.807, 2.05) is 74.5 Å². The van der Waals surface area contributed by atoms with Crippen LogP contribution in [-0.2, 0) is 31.4 Å². The number of esters is 1. The van der Waals surface area contributed by atoms with Gasteiger partial charge < -0.3 is 20.1 Å². The molecule has 0 heterocycles. The van der Waals surface area contributed by atoms with Gasteiger partial charge in [-0.15, -0.1) is 0 Å². The summed E-state index contributed by atoms with van der Waals surface area (Å²) in [6.45, 7) is 4.00. The molecule has 0 bridgehead atoms. The predicted octanol–water partition coefficient (Wildman–Crippen LogP) is 3.92. The van der Waals surface area contributed by atoms with E-state index in [9.17, 15) is 14.4 Å². The number of nitrogens with one attached hydrogen (secondary N) is 2. The molecule has 0 saturated heterocycles. The normalized spacial score (nSPS) is 12.5. The van der Waals surface area contributed by atoms with Gasteiger partial charge in [0.05, 0.1) is 7.11 Å². The number of carbonyl (C=O) groups excluding carboxylic acids is 3. The van der Waals surface area contributed by atoms with Crippen LogP contribution in [0, 0.1) is 5.92 Å². The standard InChI is InChI=1S/C25H32N2O5S/c1-18(2)14-21(24(29)31-3)26-23(28)22(17-33-16-20-12-8-5-9-13-20)27-25(30)32-15-19-10-6-4-7-11-19/h4-13,18,21-22H,14-17H2,1-3H3,(H,26,28)(H,27,30). The summed E-state index contributed by atoms with van der Waals surface area (Å²) in [5.74, 6) is 0.195. The van der Waals surface area contributed by atoms with Crippen molar-refractivity contribution in [3.8, 4) is 0 Å². The van der Waals surface area contributed by atoms with Crippen LogP contribution in [0.5, 0.6) is 0 Å². The number of alkyl carbamates (subject to hydrolysis) is 1. The largest absolute Gasteiger partial charge is 0.467 e. The van der Waals surface area contributed by atoms with Crippen molar-refractivity contribution in [3.05, 3.63) is 71.8 Å². The number of rotatable bonds is 12. The van der Waals surface area contributed by atoms with Crippen molar-refractivity contribution in [1.29, 1.82) is 0 Å². The second-order valence-electron chi connectivity index (χ2n) is 7.97. The highest BCUT2D eigenvalue weighted by molar-refractivity contribution is 7.98. The summed E-state index contributed by atoms with van der Waals surface area (Å²) in [5.41, 5.74) is 1.95. The van der Waals surface area contributed by atoms with Crippen LogP contribution in [0.2, 0.25) is 0 Å². The minimum Gasteiger partial charge on any atom is -0.467 e. The summed E-state index contributed by atoms with van der Waals surface area (Å²) in [6, 6.07) is 17.5. The molecule has 33 heavy (non-hydrogen) atoms. The number of hydrogen-bond donors (Lipinski definition) is 2. The Morgan fingerprint density at radius 1 is 0.879 bits per heavy atom. The zero-order valence-corrected chi connectivity index (χ0v) is 20.1. The fourth-order valence-electron chi connectivity index (χ4n) is 3.06. The van der Waals surface area contributed by atoms with Crippen LogP contribution in [0.3, 0.4) is 0 Å². The first-order chi connectivity index (χ1) is 15.9. The first-order valence-electron chi connectivity index (χ1n) is 10.9. The maximum atomic E-state index is 13.0. The molecule has 2 atom stereocenters. The van der Waals surface area contributed by atoms with Crippen LogP contribution in [0.25, 0.3) is 0 Å². The minimum absolute atomic E-state index is 0.0936. The van der Waals surface area contributed by atoms with E-state index in [-0.39, 0.29) is 12.5 Å². The number of methoxy groups -OCH3 is 1. The number of hydrogen-bond acceptors (Lipinski definition) is 6. The maximum absolute atomic E-state index is 13.0. The molecule has 0 radical (unpaired) electrons. The Morgan fingerprint density at radius 3 is 2.06 bits per heavy atom. The average Bonchev–Trinajstić information content (AvgIpc) is 2.82. The van der Waals surface area contributed by atoms with Gasteiger partial charge in [0.25, 0.3) is 0 Å². The molecule has 0 fully saturated rings. The van der Waals surface area contributed by atoms with Crippen LogP contribution in [-0.4, -0.2) is 42.9 Å². The highest BCUT2D eigenvalue weighted by atomic mass is 32.2. The summed E-state index contributed by atoms with van der Waals surface area (Å²) in [6.07, 6.45) is -0.265. The number of benzene rings is 2. The van der Waals surface area contributed by atoms with Crippen LogP contribution in [0.4, 0.5) is 4.79 Å². The highest BCUT2D eigenvalue weighted by Gasteiger charge is 2.28. The van der Waals surface area contributed by atoms with Gasteiger partial charge in [0.15, 0.2) is 0 Å². The lowest BCUT2D eigenvalue weighted by atomic mass is 10.0. The molecule has 0 aromatic heterocycles. The van der Waals surface area contributed by atoms with Crippen molar-refractivity contribution in [2.24, 2.45) is 5.92 Å². The molecular weight excluding hydrogens is 440 g/mol. The number of thioether (sulfide) groups is 1. The van der Waals surface area contributed by atoms with Crippen molar-refractivity contribution in [1.82, 2.24) is 10.6 Å². The van der Waals surface area contributed by atoms with Gasteiger partial charge in [0, 0.05) is 11.5 Å².